The number of nitrogens with one attached hydrogen (secondary N) is 1. The third-order valence-corrected chi connectivity index (χ3v) is 7.63. The molecule has 26 heavy (non-hydrogen) atoms. The summed E-state index contributed by atoms with van der Waals surface area (Å²) in [6.07, 6.45) is 0.480. The van der Waals surface area contributed by atoms with Gasteiger partial charge in [0.15, 0.2) is 16.4 Å². The van der Waals surface area contributed by atoms with Crippen molar-refractivity contribution in [3.05, 3.63) is 57.8 Å². The van der Waals surface area contributed by atoms with Gasteiger partial charge in [0.1, 0.15) is 6.04 Å². The second-order valence-corrected chi connectivity index (χ2v) is 10.5. The number of aryl methyl sites for hydroxylation is 1. The maximum absolute atomic E-state index is 12.4. The van der Waals surface area contributed by atoms with Gasteiger partial charge in [-0.2, -0.15) is 0 Å². The van der Waals surface area contributed by atoms with Gasteiger partial charge in [0.05, 0.1) is 21.9 Å². The molecule has 2 aromatic rings. The number of carbonyl (C=O) groups is 1. The molecule has 3 rings (SSSR count). The van der Waals surface area contributed by atoms with Crippen LogP contribution in [0.5, 0.6) is 0 Å². The van der Waals surface area contributed by atoms with Crippen LogP contribution in [0.3, 0.4) is 0 Å². The normalized spacial score (nSPS) is 22.8. The van der Waals surface area contributed by atoms with Gasteiger partial charge in [0.25, 0.3) is 5.91 Å². The topological polar surface area (TPSA) is 79.8 Å². The Morgan fingerprint density at radius 3 is 2.62 bits per heavy atom. The van der Waals surface area contributed by atoms with E-state index >= 15 is 0 Å². The lowest BCUT2D eigenvalue weighted by molar-refractivity contribution is -0.676. The maximum atomic E-state index is 12.4. The van der Waals surface area contributed by atoms with Gasteiger partial charge in [0, 0.05) is 5.56 Å². The van der Waals surface area contributed by atoms with Gasteiger partial charge in [0.2, 0.25) is 0 Å². The van der Waals surface area contributed by atoms with E-state index in [0.29, 0.717) is 6.42 Å². The Labute approximate surface area is 158 Å². The second-order valence-electron chi connectivity index (χ2n) is 7.29. The number of sulfone groups is 1. The number of benzene rings is 1. The highest BCUT2D eigenvalue weighted by atomic mass is 32.2. The molecule has 140 valence electrons. The number of hydrogen-bond donors (Lipinski definition) is 2. The SMILES string of the molecule is Cc1ccc([C@H]([NH2+]CC(=O)N[C@@]2(C)CCS(=O)(=O)C2)c2cccs2)cc1. The minimum absolute atomic E-state index is 0.0258. The van der Waals surface area contributed by atoms with Crippen LogP contribution in [-0.2, 0) is 14.6 Å². The predicted octanol–water partition coefficient (Wildman–Crippen LogP) is 1.40. The number of rotatable bonds is 6. The first kappa shape index (κ1) is 19.1. The average Bonchev–Trinajstić information content (AvgIpc) is 3.17. The average molecular weight is 394 g/mol. The Morgan fingerprint density at radius 1 is 1.31 bits per heavy atom. The van der Waals surface area contributed by atoms with Crippen LogP contribution in [-0.4, -0.2) is 37.9 Å². The molecule has 1 aliphatic rings. The van der Waals surface area contributed by atoms with Gasteiger partial charge < -0.3 is 10.6 Å². The van der Waals surface area contributed by atoms with Crippen LogP contribution in [0.1, 0.15) is 35.4 Å². The van der Waals surface area contributed by atoms with Crippen molar-refractivity contribution < 1.29 is 18.5 Å². The van der Waals surface area contributed by atoms with E-state index in [1.165, 1.54) is 10.4 Å². The standard InChI is InChI=1S/C19H24N2O3S2/c1-14-5-7-15(8-6-14)18(16-4-3-10-25-16)20-12-17(22)21-19(2)9-11-26(23,24)13-19/h3-8,10,18,20H,9,11-13H2,1-2H3,(H,21,22)/p+1/t18-,19-/m0/s1. The smallest absolute Gasteiger partial charge is 0.275 e. The summed E-state index contributed by atoms with van der Waals surface area (Å²) in [5, 5.41) is 6.98. The summed E-state index contributed by atoms with van der Waals surface area (Å²) in [5.41, 5.74) is 1.71. The van der Waals surface area contributed by atoms with Crippen LogP contribution >= 0.6 is 11.3 Å². The summed E-state index contributed by atoms with van der Waals surface area (Å²) >= 11 is 1.67. The first-order valence-corrected chi connectivity index (χ1v) is 11.4. The highest BCUT2D eigenvalue weighted by Crippen LogP contribution is 2.24. The molecule has 0 bridgehead atoms. The van der Waals surface area contributed by atoms with Gasteiger partial charge in [-0.3, -0.25) is 4.79 Å². The largest absolute Gasteiger partial charge is 0.345 e. The Morgan fingerprint density at radius 2 is 2.04 bits per heavy atom. The molecule has 2 heterocycles. The van der Waals surface area contributed by atoms with E-state index in [1.807, 2.05) is 23.7 Å². The third kappa shape index (κ3) is 4.72. The quantitative estimate of drug-likeness (QED) is 0.779. The fraction of sp³-hybridized carbons (Fsp3) is 0.421. The van der Waals surface area contributed by atoms with Crippen LogP contribution in [0.2, 0.25) is 0 Å². The predicted molar refractivity (Wildman–Crippen MR) is 104 cm³/mol. The van der Waals surface area contributed by atoms with Crippen molar-refractivity contribution in [1.29, 1.82) is 0 Å². The molecule has 0 saturated carbocycles. The van der Waals surface area contributed by atoms with E-state index in [1.54, 1.807) is 11.3 Å². The van der Waals surface area contributed by atoms with Crippen LogP contribution in [0.4, 0.5) is 0 Å². The van der Waals surface area contributed by atoms with E-state index in [-0.39, 0.29) is 30.0 Å². The molecule has 1 fully saturated rings. The van der Waals surface area contributed by atoms with Gasteiger partial charge in [-0.05, 0) is 31.7 Å². The van der Waals surface area contributed by atoms with Crippen molar-refractivity contribution in [1.82, 2.24) is 5.32 Å². The Kier molecular flexibility index (Phi) is 5.50. The number of quaternary nitrogens is 1. The molecule has 1 saturated heterocycles. The molecule has 3 N–H and O–H groups in total. The molecular formula is C19H25N2O3S2+. The van der Waals surface area contributed by atoms with Crippen molar-refractivity contribution in [2.75, 3.05) is 18.1 Å². The van der Waals surface area contributed by atoms with E-state index in [9.17, 15) is 13.2 Å². The molecule has 1 aromatic carbocycles. The summed E-state index contributed by atoms with van der Waals surface area (Å²) in [7, 11) is -3.04. The van der Waals surface area contributed by atoms with Crippen molar-refractivity contribution in [3.8, 4) is 0 Å². The summed E-state index contributed by atoms with van der Waals surface area (Å²) in [5.74, 6) is 0.0467. The van der Waals surface area contributed by atoms with E-state index < -0.39 is 15.4 Å². The monoisotopic (exact) mass is 393 g/mol. The highest BCUT2D eigenvalue weighted by molar-refractivity contribution is 7.91. The zero-order valence-corrected chi connectivity index (χ0v) is 16.7. The van der Waals surface area contributed by atoms with Crippen molar-refractivity contribution in [2.24, 2.45) is 0 Å². The molecular weight excluding hydrogens is 368 g/mol. The summed E-state index contributed by atoms with van der Waals surface area (Å²) < 4.78 is 23.4. The third-order valence-electron chi connectivity index (χ3n) is 4.77. The molecule has 1 aromatic heterocycles. The van der Waals surface area contributed by atoms with Crippen LogP contribution < -0.4 is 10.6 Å². The highest BCUT2D eigenvalue weighted by Gasteiger charge is 2.39. The molecule has 2 atom stereocenters. The fourth-order valence-corrected chi connectivity index (χ4v) is 6.32. The Bertz CT molecular complexity index is 861. The first-order valence-electron chi connectivity index (χ1n) is 8.71. The molecule has 1 aliphatic heterocycles. The van der Waals surface area contributed by atoms with E-state index in [4.69, 9.17) is 0 Å². The maximum Gasteiger partial charge on any atom is 0.275 e. The first-order chi connectivity index (χ1) is 12.3. The number of hydrogen-bond acceptors (Lipinski definition) is 4. The molecule has 0 unspecified atom stereocenters. The van der Waals surface area contributed by atoms with Crippen molar-refractivity contribution in [2.45, 2.75) is 31.8 Å². The van der Waals surface area contributed by atoms with Crippen molar-refractivity contribution in [3.63, 3.8) is 0 Å². The van der Waals surface area contributed by atoms with Gasteiger partial charge in [-0.25, -0.2) is 8.42 Å². The zero-order valence-electron chi connectivity index (χ0n) is 15.1. The fourth-order valence-electron chi connectivity index (χ4n) is 3.38. The van der Waals surface area contributed by atoms with Crippen LogP contribution in [0.25, 0.3) is 0 Å². The number of amides is 1. The molecule has 5 nitrogen and oxygen atoms in total. The molecule has 0 aliphatic carbocycles. The Hall–Kier alpha value is -1.70. The number of thiophene rings is 1. The van der Waals surface area contributed by atoms with E-state index in [2.05, 4.69) is 42.6 Å². The number of carbonyl (C=O) groups excluding carboxylic acids is 1. The van der Waals surface area contributed by atoms with Crippen molar-refractivity contribution >= 4 is 27.1 Å². The van der Waals surface area contributed by atoms with E-state index in [0.717, 1.165) is 5.56 Å². The lowest BCUT2D eigenvalue weighted by Crippen LogP contribution is -2.88. The van der Waals surface area contributed by atoms with Gasteiger partial charge >= 0.3 is 0 Å². The van der Waals surface area contributed by atoms with Gasteiger partial charge in [-0.15, -0.1) is 11.3 Å². The summed E-state index contributed by atoms with van der Waals surface area (Å²) in [6, 6.07) is 12.5. The molecule has 0 radical (unpaired) electrons. The minimum atomic E-state index is -3.04. The van der Waals surface area contributed by atoms with Crippen LogP contribution in [0, 0.1) is 6.92 Å². The summed E-state index contributed by atoms with van der Waals surface area (Å²) in [4.78, 5) is 13.6. The lowest BCUT2D eigenvalue weighted by Gasteiger charge is -2.24. The molecule has 0 spiro atoms. The minimum Gasteiger partial charge on any atom is -0.345 e. The van der Waals surface area contributed by atoms with Gasteiger partial charge in [-0.1, -0.05) is 35.9 Å². The number of nitrogens with two attached hydrogens (primary N) is 1. The lowest BCUT2D eigenvalue weighted by atomic mass is 10.0. The zero-order chi connectivity index (χ0) is 18.8. The molecule has 7 heteroatoms. The second kappa shape index (κ2) is 7.50. The van der Waals surface area contributed by atoms with Crippen LogP contribution in [0.15, 0.2) is 41.8 Å². The summed E-state index contributed by atoms with van der Waals surface area (Å²) in [6.45, 7) is 4.12. The Balaban J connectivity index is 1.66. The molecule has 1 amide bonds.